The second-order valence-corrected chi connectivity index (χ2v) is 5.69. The van der Waals surface area contributed by atoms with Crippen LogP contribution in [0.5, 0.6) is 0 Å². The molecule has 0 bridgehead atoms. The quantitative estimate of drug-likeness (QED) is 0.936. The monoisotopic (exact) mass is 328 g/mol. The lowest BCUT2D eigenvalue weighted by Gasteiger charge is -2.29. The fourth-order valence-electron chi connectivity index (χ4n) is 2.38. The number of aromatic nitrogens is 2. The molecular weight excluding hydrogens is 315 g/mol. The molecule has 21 heavy (non-hydrogen) atoms. The van der Waals surface area contributed by atoms with E-state index in [0.29, 0.717) is 28.8 Å². The summed E-state index contributed by atoms with van der Waals surface area (Å²) in [6, 6.07) is 5.16. The molecule has 0 radical (unpaired) electrons. The van der Waals surface area contributed by atoms with Gasteiger partial charge in [-0.15, -0.1) is 0 Å². The standard InChI is InChI=1S/C14H14Cl2N2O3/c15-10-1-2-12(13(16)5-10)14(8-18-4-3-17-9-18)20-7-11(6-19)21-14/h1-5,9,11,19H,6-8H2/t11?,14-/m0/s1. The van der Waals surface area contributed by atoms with Crippen molar-refractivity contribution in [1.82, 2.24) is 9.55 Å². The Labute approximate surface area is 132 Å². The number of halogens is 2. The molecule has 3 rings (SSSR count). The van der Waals surface area contributed by atoms with E-state index in [4.69, 9.17) is 32.7 Å². The molecule has 2 atom stereocenters. The van der Waals surface area contributed by atoms with Crippen molar-refractivity contribution in [3.63, 3.8) is 0 Å². The molecule has 1 aliphatic rings. The lowest BCUT2D eigenvalue weighted by atomic mass is 10.1. The molecule has 2 heterocycles. The van der Waals surface area contributed by atoms with E-state index < -0.39 is 5.79 Å². The van der Waals surface area contributed by atoms with Crippen LogP contribution in [0.2, 0.25) is 10.0 Å². The zero-order valence-electron chi connectivity index (χ0n) is 11.1. The largest absolute Gasteiger partial charge is 0.394 e. The van der Waals surface area contributed by atoms with Gasteiger partial charge < -0.3 is 19.1 Å². The van der Waals surface area contributed by atoms with Gasteiger partial charge >= 0.3 is 0 Å². The van der Waals surface area contributed by atoms with E-state index in [1.54, 1.807) is 30.7 Å². The van der Waals surface area contributed by atoms with E-state index in [-0.39, 0.29) is 12.7 Å². The first-order chi connectivity index (χ1) is 10.1. The highest BCUT2D eigenvalue weighted by molar-refractivity contribution is 6.35. The Morgan fingerprint density at radius 1 is 1.43 bits per heavy atom. The zero-order chi connectivity index (χ0) is 14.9. The van der Waals surface area contributed by atoms with Gasteiger partial charge in [-0.25, -0.2) is 4.98 Å². The first-order valence-corrected chi connectivity index (χ1v) is 7.22. The fourth-order valence-corrected chi connectivity index (χ4v) is 2.94. The van der Waals surface area contributed by atoms with E-state index in [1.807, 2.05) is 10.8 Å². The number of aliphatic hydroxyl groups excluding tert-OH is 1. The van der Waals surface area contributed by atoms with Crippen LogP contribution in [-0.2, 0) is 21.8 Å². The third-order valence-electron chi connectivity index (χ3n) is 3.35. The topological polar surface area (TPSA) is 56.5 Å². The van der Waals surface area contributed by atoms with Crippen LogP contribution >= 0.6 is 23.2 Å². The molecular formula is C14H14Cl2N2O3. The Morgan fingerprint density at radius 3 is 2.90 bits per heavy atom. The average molecular weight is 329 g/mol. The molecule has 7 heteroatoms. The van der Waals surface area contributed by atoms with E-state index in [1.165, 1.54) is 0 Å². The van der Waals surface area contributed by atoms with Crippen molar-refractivity contribution in [2.75, 3.05) is 13.2 Å². The van der Waals surface area contributed by atoms with Gasteiger partial charge in [-0.3, -0.25) is 0 Å². The van der Waals surface area contributed by atoms with E-state index in [9.17, 15) is 5.11 Å². The Kier molecular flexibility index (Phi) is 4.19. The molecule has 5 nitrogen and oxygen atoms in total. The van der Waals surface area contributed by atoms with E-state index in [2.05, 4.69) is 4.98 Å². The molecule has 1 N–H and O–H groups in total. The van der Waals surface area contributed by atoms with Crippen LogP contribution < -0.4 is 0 Å². The number of benzene rings is 1. The number of ether oxygens (including phenoxy) is 2. The van der Waals surface area contributed by atoms with E-state index in [0.717, 1.165) is 0 Å². The summed E-state index contributed by atoms with van der Waals surface area (Å²) in [5.74, 6) is -1.06. The molecule has 112 valence electrons. The number of imidazole rings is 1. The summed E-state index contributed by atoms with van der Waals surface area (Å²) >= 11 is 12.2. The number of aliphatic hydroxyl groups is 1. The van der Waals surface area contributed by atoms with Crippen LogP contribution in [0, 0.1) is 0 Å². The Bertz CT molecular complexity index is 621. The summed E-state index contributed by atoms with van der Waals surface area (Å²) in [7, 11) is 0. The SMILES string of the molecule is OCC1CO[C@](Cn2ccnc2)(c2ccc(Cl)cc2Cl)O1. The highest BCUT2D eigenvalue weighted by atomic mass is 35.5. The molecule has 0 amide bonds. The van der Waals surface area contributed by atoms with E-state index >= 15 is 0 Å². The minimum absolute atomic E-state index is 0.114. The first-order valence-electron chi connectivity index (χ1n) is 6.47. The summed E-state index contributed by atoms with van der Waals surface area (Å²) in [5.41, 5.74) is 0.679. The van der Waals surface area contributed by atoms with Crippen LogP contribution in [0.3, 0.4) is 0 Å². The van der Waals surface area contributed by atoms with Gasteiger partial charge in [0.05, 0.1) is 31.1 Å². The summed E-state index contributed by atoms with van der Waals surface area (Å²) in [5, 5.41) is 10.3. The second-order valence-electron chi connectivity index (χ2n) is 4.85. The maximum Gasteiger partial charge on any atom is 0.215 e. The van der Waals surface area contributed by atoms with Gasteiger partial charge in [0.15, 0.2) is 0 Å². The second kappa shape index (κ2) is 5.94. The Hall–Kier alpha value is -1.11. The van der Waals surface area contributed by atoms with Crippen LogP contribution in [0.4, 0.5) is 0 Å². The summed E-state index contributed by atoms with van der Waals surface area (Å²) in [6.07, 6.45) is 4.77. The van der Waals surface area contributed by atoms with Crippen LogP contribution in [0.1, 0.15) is 5.56 Å². The predicted octanol–water partition coefficient (Wildman–Crippen LogP) is 2.45. The van der Waals surface area contributed by atoms with Crippen molar-refractivity contribution >= 4 is 23.2 Å². The minimum Gasteiger partial charge on any atom is -0.394 e. The smallest absolute Gasteiger partial charge is 0.215 e. The van der Waals surface area contributed by atoms with Crippen LogP contribution in [0.25, 0.3) is 0 Å². The highest BCUT2D eigenvalue weighted by Crippen LogP contribution is 2.40. The molecule has 0 saturated carbocycles. The molecule has 1 aromatic carbocycles. The molecule has 0 spiro atoms. The van der Waals surface area contributed by atoms with Crippen molar-refractivity contribution in [1.29, 1.82) is 0 Å². The summed E-state index contributed by atoms with van der Waals surface area (Å²) < 4.78 is 13.6. The average Bonchev–Trinajstić information content (AvgIpc) is 3.09. The van der Waals surface area contributed by atoms with Crippen molar-refractivity contribution < 1.29 is 14.6 Å². The fraction of sp³-hybridized carbons (Fsp3) is 0.357. The maximum absolute atomic E-state index is 9.31. The molecule has 2 aromatic rings. The summed E-state index contributed by atoms with van der Waals surface area (Å²) in [6.45, 7) is 0.561. The number of nitrogens with zero attached hydrogens (tertiary/aromatic N) is 2. The Balaban J connectivity index is 1.99. The van der Waals surface area contributed by atoms with Crippen molar-refractivity contribution in [2.45, 2.75) is 18.4 Å². The molecule has 1 aliphatic heterocycles. The van der Waals surface area contributed by atoms with Crippen LogP contribution in [-0.4, -0.2) is 34.0 Å². The third-order valence-corrected chi connectivity index (χ3v) is 3.90. The number of hydrogen-bond donors (Lipinski definition) is 1. The van der Waals surface area contributed by atoms with Gasteiger partial charge in [0.1, 0.15) is 6.10 Å². The molecule has 1 fully saturated rings. The van der Waals surface area contributed by atoms with Crippen LogP contribution in [0.15, 0.2) is 36.9 Å². The van der Waals surface area contributed by atoms with Gasteiger partial charge in [-0.1, -0.05) is 29.3 Å². The molecule has 1 aromatic heterocycles. The Morgan fingerprint density at radius 2 is 2.29 bits per heavy atom. The predicted molar refractivity (Wildman–Crippen MR) is 78.3 cm³/mol. The van der Waals surface area contributed by atoms with Gasteiger partial charge in [0.25, 0.3) is 0 Å². The van der Waals surface area contributed by atoms with Gasteiger partial charge in [0.2, 0.25) is 5.79 Å². The molecule has 1 saturated heterocycles. The minimum atomic E-state index is -1.06. The third kappa shape index (κ3) is 2.93. The first kappa shape index (κ1) is 14.8. The molecule has 0 aliphatic carbocycles. The lowest BCUT2D eigenvalue weighted by Crippen LogP contribution is -2.34. The molecule has 1 unspecified atom stereocenters. The normalized spacial score (nSPS) is 25.4. The number of hydrogen-bond acceptors (Lipinski definition) is 4. The highest BCUT2D eigenvalue weighted by Gasteiger charge is 2.44. The lowest BCUT2D eigenvalue weighted by molar-refractivity contribution is -0.189. The van der Waals surface area contributed by atoms with Crippen molar-refractivity contribution in [3.05, 3.63) is 52.5 Å². The maximum atomic E-state index is 9.31. The number of rotatable bonds is 4. The van der Waals surface area contributed by atoms with Crippen molar-refractivity contribution in [2.24, 2.45) is 0 Å². The van der Waals surface area contributed by atoms with Gasteiger partial charge in [-0.2, -0.15) is 0 Å². The van der Waals surface area contributed by atoms with Gasteiger partial charge in [-0.05, 0) is 12.1 Å². The van der Waals surface area contributed by atoms with Crippen molar-refractivity contribution in [3.8, 4) is 0 Å². The summed E-state index contributed by atoms with van der Waals surface area (Å²) in [4.78, 5) is 4.01. The zero-order valence-corrected chi connectivity index (χ0v) is 12.6. The van der Waals surface area contributed by atoms with Gasteiger partial charge in [0, 0.05) is 23.0 Å².